The molecule has 11 nitrogen and oxygen atoms in total. The highest BCUT2D eigenvalue weighted by Crippen LogP contribution is 2.34. The van der Waals surface area contributed by atoms with Crippen molar-refractivity contribution in [2.75, 3.05) is 5.32 Å². The lowest BCUT2D eigenvalue weighted by Crippen LogP contribution is -2.39. The predicted molar refractivity (Wildman–Crippen MR) is 151 cm³/mol. The van der Waals surface area contributed by atoms with Gasteiger partial charge in [-0.3, -0.25) is 14.7 Å². The van der Waals surface area contributed by atoms with Crippen molar-refractivity contribution in [1.82, 2.24) is 36.0 Å². The molecule has 2 amide bonds. The van der Waals surface area contributed by atoms with Crippen molar-refractivity contribution in [1.29, 1.82) is 0 Å². The zero-order valence-corrected chi connectivity index (χ0v) is 23.3. The van der Waals surface area contributed by atoms with Gasteiger partial charge in [0.25, 0.3) is 11.7 Å². The summed E-state index contributed by atoms with van der Waals surface area (Å²) >= 11 is 0. The highest BCUT2D eigenvalue weighted by Gasteiger charge is 2.25. The van der Waals surface area contributed by atoms with Crippen molar-refractivity contribution in [3.8, 4) is 11.1 Å². The van der Waals surface area contributed by atoms with E-state index in [1.54, 1.807) is 18.3 Å². The maximum absolute atomic E-state index is 15.2. The molecule has 0 radical (unpaired) electrons. The molecule has 3 heterocycles. The van der Waals surface area contributed by atoms with Crippen molar-refractivity contribution in [2.24, 2.45) is 0 Å². The van der Waals surface area contributed by atoms with Crippen LogP contribution in [-0.2, 0) is 16.8 Å². The maximum atomic E-state index is 15.2. The number of anilines is 1. The van der Waals surface area contributed by atoms with Gasteiger partial charge in [-0.2, -0.15) is 10.1 Å². The largest absolute Gasteiger partial charge is 0.365 e. The van der Waals surface area contributed by atoms with Crippen molar-refractivity contribution < 1.29 is 18.5 Å². The molecule has 0 spiro atoms. The van der Waals surface area contributed by atoms with E-state index in [4.69, 9.17) is 4.52 Å². The molecule has 0 unspecified atom stereocenters. The van der Waals surface area contributed by atoms with Crippen molar-refractivity contribution in [2.45, 2.75) is 70.5 Å². The number of nitrogens with one attached hydrogen (secondary N) is 4. The number of aromatic amines is 1. The number of hydrogen-bond donors (Lipinski definition) is 4. The molecule has 0 bridgehead atoms. The second kappa shape index (κ2) is 11.5. The van der Waals surface area contributed by atoms with Gasteiger partial charge >= 0.3 is 0 Å². The fourth-order valence-corrected chi connectivity index (χ4v) is 4.86. The Bertz CT molecular complexity index is 1580. The Morgan fingerprint density at radius 1 is 1.17 bits per heavy atom. The topological polar surface area (TPSA) is 151 Å². The molecule has 3 aromatic heterocycles. The van der Waals surface area contributed by atoms with Crippen LogP contribution in [0.5, 0.6) is 0 Å². The highest BCUT2D eigenvalue weighted by molar-refractivity contribution is 6.00. The number of rotatable bonds is 8. The van der Waals surface area contributed by atoms with Gasteiger partial charge in [-0.15, -0.1) is 0 Å². The SMILES string of the molecule is C=CC(=O)NC1CCC(Nc2n[nH]c3nccc(-c4ccc(CNC(=O)c5noc(C(C)(C)C)n5)c(F)c4)c23)CC1. The number of pyridine rings is 1. The Labute approximate surface area is 236 Å². The average molecular weight is 561 g/mol. The summed E-state index contributed by atoms with van der Waals surface area (Å²) in [5.41, 5.74) is 1.94. The number of halogens is 1. The Kier molecular flexibility index (Phi) is 7.82. The molecule has 0 aliphatic heterocycles. The summed E-state index contributed by atoms with van der Waals surface area (Å²) < 4.78 is 20.4. The fraction of sp³-hybridized carbons (Fsp3) is 0.379. The number of carbonyl (C=O) groups is 2. The Morgan fingerprint density at radius 2 is 1.93 bits per heavy atom. The molecular weight excluding hydrogens is 527 g/mol. The van der Waals surface area contributed by atoms with Crippen LogP contribution < -0.4 is 16.0 Å². The molecule has 0 saturated heterocycles. The van der Waals surface area contributed by atoms with Crippen LogP contribution in [0.1, 0.15) is 68.5 Å². The van der Waals surface area contributed by atoms with E-state index in [9.17, 15) is 9.59 Å². The van der Waals surface area contributed by atoms with Crippen molar-refractivity contribution in [3.05, 3.63) is 66.2 Å². The van der Waals surface area contributed by atoms with Crippen molar-refractivity contribution in [3.63, 3.8) is 0 Å². The van der Waals surface area contributed by atoms with E-state index in [0.29, 0.717) is 28.5 Å². The number of carbonyl (C=O) groups excluding carboxylic acids is 2. The maximum Gasteiger partial charge on any atom is 0.292 e. The Hall–Kier alpha value is -4.61. The highest BCUT2D eigenvalue weighted by atomic mass is 19.1. The van der Waals surface area contributed by atoms with E-state index >= 15 is 4.39 Å². The second-order valence-electron chi connectivity index (χ2n) is 11.2. The summed E-state index contributed by atoms with van der Waals surface area (Å²) in [5, 5.41) is 21.0. The number of nitrogens with zero attached hydrogens (tertiary/aromatic N) is 4. The third kappa shape index (κ3) is 6.26. The standard InChI is InChI=1S/C29H33FN8O3/c1-5-22(39)33-18-8-10-19(11-9-18)34-25-23-20(12-13-31-24(23)36-37-25)16-6-7-17(21(30)14-16)15-32-27(40)26-35-28(41-38-26)29(2,3)4/h5-7,12-14,18-19H,1,8-11,15H2,2-4H3,(H,32,40)(H,33,39)(H2,31,34,36,37). The van der Waals surface area contributed by atoms with Crippen molar-refractivity contribution >= 4 is 28.7 Å². The van der Waals surface area contributed by atoms with Crippen LogP contribution in [-0.4, -0.2) is 49.2 Å². The first-order valence-corrected chi connectivity index (χ1v) is 13.6. The molecule has 4 aromatic rings. The van der Waals surface area contributed by atoms with Gasteiger partial charge in [-0.05, 0) is 55.0 Å². The minimum atomic E-state index is -0.546. The molecule has 12 heteroatoms. The van der Waals surface area contributed by atoms with Crippen LogP contribution in [0.3, 0.4) is 0 Å². The number of H-pyrrole nitrogens is 1. The molecule has 1 fully saturated rings. The molecule has 5 rings (SSSR count). The fourth-order valence-electron chi connectivity index (χ4n) is 4.86. The Balaban J connectivity index is 1.28. The number of benzene rings is 1. The Morgan fingerprint density at radius 3 is 2.61 bits per heavy atom. The number of amides is 2. The lowest BCUT2D eigenvalue weighted by atomic mass is 9.91. The van der Waals surface area contributed by atoms with Crippen LogP contribution in [0.2, 0.25) is 0 Å². The van der Waals surface area contributed by atoms with Gasteiger partial charge in [0.1, 0.15) is 5.82 Å². The summed E-state index contributed by atoms with van der Waals surface area (Å²) in [4.78, 5) is 32.6. The predicted octanol–water partition coefficient (Wildman–Crippen LogP) is 4.40. The van der Waals surface area contributed by atoms with E-state index < -0.39 is 11.7 Å². The van der Waals surface area contributed by atoms with Gasteiger partial charge < -0.3 is 20.5 Å². The quantitative estimate of drug-likeness (QED) is 0.232. The molecule has 214 valence electrons. The van der Waals surface area contributed by atoms with E-state index in [2.05, 4.69) is 47.9 Å². The molecule has 4 N–H and O–H groups in total. The van der Waals surface area contributed by atoms with Crippen LogP contribution in [0.4, 0.5) is 10.2 Å². The monoisotopic (exact) mass is 560 g/mol. The van der Waals surface area contributed by atoms with Crippen LogP contribution in [0, 0.1) is 5.82 Å². The normalized spacial score (nSPS) is 17.3. The van der Waals surface area contributed by atoms with E-state index in [-0.39, 0.29) is 35.8 Å². The van der Waals surface area contributed by atoms with E-state index in [1.807, 2.05) is 26.8 Å². The molecule has 0 atom stereocenters. The molecular formula is C29H33FN8O3. The average Bonchev–Trinajstić information content (AvgIpc) is 3.61. The first-order chi connectivity index (χ1) is 19.6. The second-order valence-corrected chi connectivity index (χ2v) is 11.2. The summed E-state index contributed by atoms with van der Waals surface area (Å²) in [7, 11) is 0. The number of hydrogen-bond acceptors (Lipinski definition) is 8. The summed E-state index contributed by atoms with van der Waals surface area (Å²) in [6.07, 6.45) is 6.36. The lowest BCUT2D eigenvalue weighted by Gasteiger charge is -2.29. The first kappa shape index (κ1) is 27.9. The summed E-state index contributed by atoms with van der Waals surface area (Å²) in [6, 6.07) is 7.01. The minimum absolute atomic E-state index is 0.0372. The third-order valence-electron chi connectivity index (χ3n) is 7.14. The van der Waals surface area contributed by atoms with Gasteiger partial charge in [-0.1, -0.05) is 44.6 Å². The van der Waals surface area contributed by atoms with Gasteiger partial charge in [-0.25, -0.2) is 9.37 Å². The molecule has 1 aliphatic carbocycles. The zero-order chi connectivity index (χ0) is 29.1. The van der Waals surface area contributed by atoms with E-state index in [1.165, 1.54) is 12.1 Å². The lowest BCUT2D eigenvalue weighted by molar-refractivity contribution is -0.117. The molecule has 1 aromatic carbocycles. The van der Waals surface area contributed by atoms with Gasteiger partial charge in [0, 0.05) is 35.8 Å². The molecule has 1 saturated carbocycles. The van der Waals surface area contributed by atoms with Crippen LogP contribution in [0.25, 0.3) is 22.2 Å². The van der Waals surface area contributed by atoms with Gasteiger partial charge in [0.15, 0.2) is 11.5 Å². The van der Waals surface area contributed by atoms with Crippen LogP contribution >= 0.6 is 0 Å². The molecule has 41 heavy (non-hydrogen) atoms. The summed E-state index contributed by atoms with van der Waals surface area (Å²) in [5.74, 6) is -0.268. The van der Waals surface area contributed by atoms with Gasteiger partial charge in [0.2, 0.25) is 11.8 Å². The number of fused-ring (bicyclic) bond motifs is 1. The number of aromatic nitrogens is 5. The minimum Gasteiger partial charge on any atom is -0.365 e. The first-order valence-electron chi connectivity index (χ1n) is 13.6. The van der Waals surface area contributed by atoms with Gasteiger partial charge in [0.05, 0.1) is 5.39 Å². The van der Waals surface area contributed by atoms with Crippen LogP contribution in [0.15, 0.2) is 47.6 Å². The molecule has 1 aliphatic rings. The smallest absolute Gasteiger partial charge is 0.292 e. The summed E-state index contributed by atoms with van der Waals surface area (Å²) in [6.45, 7) is 9.17. The third-order valence-corrected chi connectivity index (χ3v) is 7.14. The van der Waals surface area contributed by atoms with E-state index in [0.717, 1.165) is 36.6 Å². The zero-order valence-electron chi connectivity index (χ0n) is 23.3.